The lowest BCUT2D eigenvalue weighted by Crippen LogP contribution is -2.42. The molecule has 212 valence electrons. The van der Waals surface area contributed by atoms with E-state index in [4.69, 9.17) is 25.6 Å². The number of hydrogen-bond donors (Lipinski definition) is 3. The van der Waals surface area contributed by atoms with E-state index in [0.717, 1.165) is 5.56 Å². The number of aliphatic carboxylic acids is 1. The van der Waals surface area contributed by atoms with Crippen LogP contribution in [0.25, 0.3) is 11.3 Å². The normalized spacial score (nSPS) is 12.2. The van der Waals surface area contributed by atoms with E-state index >= 15 is 0 Å². The minimum atomic E-state index is -1.16. The lowest BCUT2D eigenvalue weighted by atomic mass is 10.0. The predicted octanol–water partition coefficient (Wildman–Crippen LogP) is 6.05. The summed E-state index contributed by atoms with van der Waals surface area (Å²) in [7, 11) is 1.54. The Hall–Kier alpha value is -4.83. The van der Waals surface area contributed by atoms with Gasteiger partial charge in [-0.05, 0) is 49.7 Å². The van der Waals surface area contributed by atoms with Crippen LogP contribution < -0.4 is 15.4 Å². The Labute approximate surface area is 241 Å². The van der Waals surface area contributed by atoms with Crippen molar-refractivity contribution in [3.8, 4) is 17.1 Å². The average molecular weight is 578 g/mol. The van der Waals surface area contributed by atoms with Gasteiger partial charge in [-0.2, -0.15) is 0 Å². The number of hydrogen-bond acceptors (Lipinski definition) is 7. The molecule has 1 aromatic heterocycles. The number of amides is 2. The molecule has 10 nitrogen and oxygen atoms in total. The summed E-state index contributed by atoms with van der Waals surface area (Å²) in [5, 5.41) is 19.3. The molecule has 0 fully saturated rings. The maximum atomic E-state index is 12.8. The van der Waals surface area contributed by atoms with Crippen molar-refractivity contribution < 1.29 is 33.5 Å². The fourth-order valence-electron chi connectivity index (χ4n) is 4.09. The van der Waals surface area contributed by atoms with Crippen molar-refractivity contribution >= 4 is 35.3 Å². The molecule has 3 N–H and O–H groups in total. The molecule has 11 heteroatoms. The van der Waals surface area contributed by atoms with Crippen molar-refractivity contribution in [2.45, 2.75) is 32.4 Å². The van der Waals surface area contributed by atoms with Crippen molar-refractivity contribution in [2.75, 3.05) is 12.4 Å². The van der Waals surface area contributed by atoms with E-state index in [0.29, 0.717) is 33.3 Å². The highest BCUT2D eigenvalue weighted by atomic mass is 35.5. The molecule has 4 aromatic rings. The number of carboxylic acids is 1. The van der Waals surface area contributed by atoms with Crippen LogP contribution in [0.4, 0.5) is 10.5 Å². The molecule has 0 aliphatic carbocycles. The number of nitrogens with zero attached hydrogens (tertiary/aromatic N) is 1. The van der Waals surface area contributed by atoms with Crippen molar-refractivity contribution in [3.05, 3.63) is 100 Å². The van der Waals surface area contributed by atoms with Crippen LogP contribution in [0.1, 0.15) is 40.2 Å². The van der Waals surface area contributed by atoms with Gasteiger partial charge in [-0.1, -0.05) is 59.2 Å². The highest BCUT2D eigenvalue weighted by Gasteiger charge is 2.23. The fourth-order valence-corrected chi connectivity index (χ4v) is 4.38. The van der Waals surface area contributed by atoms with Gasteiger partial charge in [0.25, 0.3) is 5.91 Å². The summed E-state index contributed by atoms with van der Waals surface area (Å²) in [5.41, 5.74) is 2.90. The first-order chi connectivity index (χ1) is 19.7. The number of rotatable bonds is 10. The van der Waals surface area contributed by atoms with Gasteiger partial charge in [0.15, 0.2) is 5.76 Å². The van der Waals surface area contributed by atoms with Crippen LogP contribution in [-0.2, 0) is 16.0 Å². The van der Waals surface area contributed by atoms with Gasteiger partial charge in [-0.15, -0.1) is 0 Å². The van der Waals surface area contributed by atoms with E-state index in [1.807, 2.05) is 0 Å². The molecule has 0 aliphatic rings. The van der Waals surface area contributed by atoms with E-state index in [1.165, 1.54) is 12.1 Å². The number of aromatic nitrogens is 1. The largest absolute Gasteiger partial charge is 0.497 e. The summed E-state index contributed by atoms with van der Waals surface area (Å²) in [4.78, 5) is 37.3. The third-order valence-electron chi connectivity index (χ3n) is 6.33. The quantitative estimate of drug-likeness (QED) is 0.207. The molecule has 2 atom stereocenters. The molecule has 0 spiro atoms. The molecule has 4 rings (SSSR count). The molecule has 1 heterocycles. The smallest absolute Gasteiger partial charge is 0.412 e. The van der Waals surface area contributed by atoms with Gasteiger partial charge in [0.05, 0.1) is 7.11 Å². The first-order valence-electron chi connectivity index (χ1n) is 12.6. The lowest BCUT2D eigenvalue weighted by molar-refractivity contribution is -0.139. The number of carboxylic acid groups (broad SMARTS) is 1. The van der Waals surface area contributed by atoms with Crippen LogP contribution in [0.3, 0.4) is 0 Å². The second-order valence-corrected chi connectivity index (χ2v) is 9.57. The van der Waals surface area contributed by atoms with Gasteiger partial charge in [0.2, 0.25) is 0 Å². The van der Waals surface area contributed by atoms with Gasteiger partial charge in [0.1, 0.15) is 29.3 Å². The number of carbonyl (C=O) groups excluding carboxylic acids is 2. The molecule has 3 aromatic carbocycles. The Morgan fingerprint density at radius 1 is 1.02 bits per heavy atom. The summed E-state index contributed by atoms with van der Waals surface area (Å²) >= 11 is 6.20. The molecular formula is C30H28ClN3O7. The summed E-state index contributed by atoms with van der Waals surface area (Å²) in [6, 6.07) is 19.1. The second kappa shape index (κ2) is 13.0. The first-order valence-corrected chi connectivity index (χ1v) is 13.0. The molecule has 41 heavy (non-hydrogen) atoms. The van der Waals surface area contributed by atoms with E-state index in [9.17, 15) is 19.5 Å². The van der Waals surface area contributed by atoms with E-state index in [1.54, 1.807) is 81.6 Å². The third-order valence-corrected chi connectivity index (χ3v) is 6.67. The molecule has 0 aliphatic heterocycles. The zero-order valence-corrected chi connectivity index (χ0v) is 23.3. The SMILES string of the molecule is COc1ccc(CC(NC(=O)c2ccc(-c3onc(C)c3NC(=O)OC(C)c3ccccc3Cl)cc2)C(=O)O)cc1. The fraction of sp³-hybridized carbons (Fsp3) is 0.200. The van der Waals surface area contributed by atoms with E-state index < -0.39 is 30.1 Å². The number of ether oxygens (including phenoxy) is 2. The van der Waals surface area contributed by atoms with Crippen molar-refractivity contribution in [1.29, 1.82) is 0 Å². The van der Waals surface area contributed by atoms with Crippen LogP contribution in [-0.4, -0.2) is 41.4 Å². The Bertz CT molecular complexity index is 1530. The summed E-state index contributed by atoms with van der Waals surface area (Å²) in [5.74, 6) is -0.801. The Kier molecular flexibility index (Phi) is 9.26. The van der Waals surface area contributed by atoms with Crippen LogP contribution in [0, 0.1) is 6.92 Å². The minimum absolute atomic E-state index is 0.0979. The maximum absolute atomic E-state index is 12.8. The van der Waals surface area contributed by atoms with Crippen LogP contribution >= 0.6 is 11.6 Å². The topological polar surface area (TPSA) is 140 Å². The van der Waals surface area contributed by atoms with Gasteiger partial charge in [-0.25, -0.2) is 9.59 Å². The third kappa shape index (κ3) is 7.23. The first kappa shape index (κ1) is 29.2. The highest BCUT2D eigenvalue weighted by Crippen LogP contribution is 2.32. The van der Waals surface area contributed by atoms with Gasteiger partial charge in [-0.3, -0.25) is 10.1 Å². The van der Waals surface area contributed by atoms with Crippen molar-refractivity contribution in [1.82, 2.24) is 10.5 Å². The number of benzene rings is 3. The molecule has 0 saturated heterocycles. The summed E-state index contributed by atoms with van der Waals surface area (Å²) in [6.07, 6.45) is -1.23. The maximum Gasteiger partial charge on any atom is 0.412 e. The number of methoxy groups -OCH3 is 1. The predicted molar refractivity (Wildman–Crippen MR) is 152 cm³/mol. The van der Waals surface area contributed by atoms with E-state index in [2.05, 4.69) is 15.8 Å². The summed E-state index contributed by atoms with van der Waals surface area (Å²) in [6.45, 7) is 3.37. The minimum Gasteiger partial charge on any atom is -0.497 e. The number of aryl methyl sites for hydroxylation is 1. The Balaban J connectivity index is 1.43. The van der Waals surface area contributed by atoms with Crippen LogP contribution in [0.2, 0.25) is 5.02 Å². The van der Waals surface area contributed by atoms with Gasteiger partial charge < -0.3 is 24.4 Å². The molecule has 2 unspecified atom stereocenters. The lowest BCUT2D eigenvalue weighted by Gasteiger charge is -2.16. The zero-order valence-electron chi connectivity index (χ0n) is 22.5. The second-order valence-electron chi connectivity index (χ2n) is 9.16. The zero-order chi connectivity index (χ0) is 29.5. The molecule has 0 bridgehead atoms. The van der Waals surface area contributed by atoms with Crippen molar-refractivity contribution in [3.63, 3.8) is 0 Å². The molecule has 0 radical (unpaired) electrons. The van der Waals surface area contributed by atoms with Crippen LogP contribution in [0.15, 0.2) is 77.3 Å². The van der Waals surface area contributed by atoms with E-state index in [-0.39, 0.29) is 17.7 Å². The molecule has 2 amide bonds. The van der Waals surface area contributed by atoms with Gasteiger partial charge >= 0.3 is 12.1 Å². The van der Waals surface area contributed by atoms with Gasteiger partial charge in [0, 0.05) is 28.1 Å². The van der Waals surface area contributed by atoms with Crippen LogP contribution in [0.5, 0.6) is 5.75 Å². The average Bonchev–Trinajstić information content (AvgIpc) is 3.32. The monoisotopic (exact) mass is 577 g/mol. The highest BCUT2D eigenvalue weighted by molar-refractivity contribution is 6.31. The Morgan fingerprint density at radius 2 is 1.71 bits per heavy atom. The van der Waals surface area contributed by atoms with Crippen molar-refractivity contribution in [2.24, 2.45) is 0 Å². The number of nitrogens with one attached hydrogen (secondary N) is 2. The summed E-state index contributed by atoms with van der Waals surface area (Å²) < 4.78 is 16.0. The number of anilines is 1. The Morgan fingerprint density at radius 3 is 2.34 bits per heavy atom. The molecular weight excluding hydrogens is 550 g/mol. The molecule has 0 saturated carbocycles. The number of halogens is 1. The standard InChI is InChI=1S/C30H28ClN3O7/c1-17-26(33-30(38)40-18(2)23-6-4-5-7-24(23)31)27(41-34-17)20-10-12-21(13-11-20)28(35)32-25(29(36)37)16-19-8-14-22(39-3)15-9-19/h4-15,18,25H,16H2,1-3H3,(H,32,35)(H,33,38)(H,36,37). The number of carbonyl (C=O) groups is 3.